The molecule has 0 atom stereocenters. The molecule has 0 radical (unpaired) electrons. The second-order valence-electron chi connectivity index (χ2n) is 3.43. The summed E-state index contributed by atoms with van der Waals surface area (Å²) in [4.78, 5) is 23.7. The zero-order valence-electron chi connectivity index (χ0n) is 8.62. The van der Waals surface area contributed by atoms with E-state index in [0.717, 1.165) is 19.4 Å². The van der Waals surface area contributed by atoms with Crippen LogP contribution in [0.1, 0.15) is 26.2 Å². The van der Waals surface area contributed by atoms with E-state index < -0.39 is 0 Å². The minimum Gasteiger partial charge on any atom is -0.381 e. The highest BCUT2D eigenvalue weighted by Gasteiger charge is 2.28. The summed E-state index contributed by atoms with van der Waals surface area (Å²) in [6, 6.07) is 0. The number of ether oxygens (including phenoxy) is 1. The highest BCUT2D eigenvalue weighted by atomic mass is 16.5. The number of likely N-dealkylation sites (tertiary alicyclic amines) is 1. The molecule has 0 bridgehead atoms. The van der Waals surface area contributed by atoms with Crippen molar-refractivity contribution < 1.29 is 14.3 Å². The lowest BCUT2D eigenvalue weighted by Crippen LogP contribution is -2.29. The molecule has 0 N–H and O–H groups in total. The Balaban J connectivity index is 2.07. The van der Waals surface area contributed by atoms with Crippen molar-refractivity contribution in [1.82, 2.24) is 4.90 Å². The standard InChI is InChI=1S/C10H17NO3/c1-2-7-14-8-3-5-11-6-4-9(12)10(11)13/h2-8H2,1H3. The maximum absolute atomic E-state index is 11.2. The van der Waals surface area contributed by atoms with Crippen LogP contribution in [0.4, 0.5) is 0 Å². The summed E-state index contributed by atoms with van der Waals surface area (Å²) >= 11 is 0. The van der Waals surface area contributed by atoms with Gasteiger partial charge in [0, 0.05) is 32.7 Å². The largest absolute Gasteiger partial charge is 0.381 e. The van der Waals surface area contributed by atoms with E-state index in [4.69, 9.17) is 4.74 Å². The molecule has 1 rings (SSSR count). The van der Waals surface area contributed by atoms with E-state index in [1.165, 1.54) is 0 Å². The van der Waals surface area contributed by atoms with Gasteiger partial charge in [-0.25, -0.2) is 0 Å². The SMILES string of the molecule is CCCOCCCN1CCC(=O)C1=O. The number of hydrogen-bond donors (Lipinski definition) is 0. The van der Waals surface area contributed by atoms with Gasteiger partial charge in [0.15, 0.2) is 0 Å². The summed E-state index contributed by atoms with van der Waals surface area (Å²) in [7, 11) is 0. The van der Waals surface area contributed by atoms with Crippen molar-refractivity contribution in [3.63, 3.8) is 0 Å². The monoisotopic (exact) mass is 199 g/mol. The maximum Gasteiger partial charge on any atom is 0.290 e. The van der Waals surface area contributed by atoms with E-state index in [9.17, 15) is 9.59 Å². The van der Waals surface area contributed by atoms with Gasteiger partial charge in [0.1, 0.15) is 0 Å². The third kappa shape index (κ3) is 3.10. The number of Topliss-reactive ketones (excluding diaryl/α,β-unsaturated/α-hetero) is 1. The van der Waals surface area contributed by atoms with Crippen LogP contribution in [-0.4, -0.2) is 42.9 Å². The molecule has 0 aliphatic carbocycles. The van der Waals surface area contributed by atoms with Gasteiger partial charge in [0.05, 0.1) is 0 Å². The van der Waals surface area contributed by atoms with Gasteiger partial charge in [0.25, 0.3) is 5.91 Å². The number of ketones is 1. The molecule has 1 aliphatic heterocycles. The van der Waals surface area contributed by atoms with E-state index in [1.807, 2.05) is 0 Å². The first-order chi connectivity index (χ1) is 6.75. The Morgan fingerprint density at radius 3 is 2.71 bits per heavy atom. The first-order valence-electron chi connectivity index (χ1n) is 5.15. The topological polar surface area (TPSA) is 46.6 Å². The molecule has 1 saturated heterocycles. The second-order valence-corrected chi connectivity index (χ2v) is 3.43. The molecular weight excluding hydrogens is 182 g/mol. The maximum atomic E-state index is 11.2. The fraction of sp³-hybridized carbons (Fsp3) is 0.800. The van der Waals surface area contributed by atoms with Gasteiger partial charge in [-0.05, 0) is 12.8 Å². The van der Waals surface area contributed by atoms with Gasteiger partial charge in [-0.15, -0.1) is 0 Å². The van der Waals surface area contributed by atoms with Crippen molar-refractivity contribution >= 4 is 11.7 Å². The van der Waals surface area contributed by atoms with Crippen molar-refractivity contribution in [3.05, 3.63) is 0 Å². The van der Waals surface area contributed by atoms with Crippen LogP contribution in [0.3, 0.4) is 0 Å². The molecule has 0 aromatic carbocycles. The van der Waals surface area contributed by atoms with Crippen LogP contribution < -0.4 is 0 Å². The Morgan fingerprint density at radius 1 is 1.36 bits per heavy atom. The number of rotatable bonds is 6. The molecular formula is C10H17NO3. The number of hydrogen-bond acceptors (Lipinski definition) is 3. The molecule has 1 aliphatic rings. The number of carbonyl (C=O) groups excluding carboxylic acids is 2. The van der Waals surface area contributed by atoms with E-state index in [-0.39, 0.29) is 11.7 Å². The van der Waals surface area contributed by atoms with Crippen molar-refractivity contribution in [2.45, 2.75) is 26.2 Å². The Morgan fingerprint density at radius 2 is 2.14 bits per heavy atom. The predicted octanol–water partition coefficient (Wildman–Crippen LogP) is 0.605. The summed E-state index contributed by atoms with van der Waals surface area (Å²) in [5.74, 6) is -0.569. The van der Waals surface area contributed by atoms with Gasteiger partial charge in [-0.2, -0.15) is 0 Å². The predicted molar refractivity (Wildman–Crippen MR) is 51.9 cm³/mol. The average Bonchev–Trinajstić information content (AvgIpc) is 2.49. The molecule has 80 valence electrons. The Kier molecular flexibility index (Phi) is 4.59. The summed E-state index contributed by atoms with van der Waals surface area (Å²) in [5.41, 5.74) is 0. The lowest BCUT2D eigenvalue weighted by molar-refractivity contribution is -0.140. The van der Waals surface area contributed by atoms with Crippen LogP contribution in [0.25, 0.3) is 0 Å². The van der Waals surface area contributed by atoms with E-state index >= 15 is 0 Å². The van der Waals surface area contributed by atoms with Crippen molar-refractivity contribution in [2.75, 3.05) is 26.3 Å². The summed E-state index contributed by atoms with van der Waals surface area (Å²) in [6.07, 6.45) is 2.22. The molecule has 1 amide bonds. The fourth-order valence-corrected chi connectivity index (χ4v) is 1.44. The van der Waals surface area contributed by atoms with Crippen LogP contribution in [-0.2, 0) is 14.3 Å². The smallest absolute Gasteiger partial charge is 0.290 e. The third-order valence-electron chi connectivity index (χ3n) is 2.20. The molecule has 4 heteroatoms. The van der Waals surface area contributed by atoms with Crippen LogP contribution in [0, 0.1) is 0 Å². The van der Waals surface area contributed by atoms with Gasteiger partial charge < -0.3 is 9.64 Å². The third-order valence-corrected chi connectivity index (χ3v) is 2.20. The molecule has 0 aromatic heterocycles. The molecule has 1 heterocycles. The van der Waals surface area contributed by atoms with Gasteiger partial charge in [0.2, 0.25) is 5.78 Å². The average molecular weight is 199 g/mol. The molecule has 0 unspecified atom stereocenters. The highest BCUT2D eigenvalue weighted by molar-refractivity contribution is 6.37. The number of amides is 1. The van der Waals surface area contributed by atoms with E-state index in [1.54, 1.807) is 4.90 Å². The first-order valence-corrected chi connectivity index (χ1v) is 5.15. The van der Waals surface area contributed by atoms with Crippen molar-refractivity contribution in [1.29, 1.82) is 0 Å². The van der Waals surface area contributed by atoms with Crippen molar-refractivity contribution in [2.24, 2.45) is 0 Å². The van der Waals surface area contributed by atoms with Crippen LogP contribution in [0.5, 0.6) is 0 Å². The zero-order valence-corrected chi connectivity index (χ0v) is 8.62. The van der Waals surface area contributed by atoms with Gasteiger partial charge >= 0.3 is 0 Å². The molecule has 0 aromatic rings. The Hall–Kier alpha value is -0.900. The molecule has 14 heavy (non-hydrogen) atoms. The normalized spacial score (nSPS) is 16.8. The van der Waals surface area contributed by atoms with Crippen LogP contribution in [0.15, 0.2) is 0 Å². The highest BCUT2D eigenvalue weighted by Crippen LogP contribution is 2.06. The lowest BCUT2D eigenvalue weighted by Gasteiger charge is -2.13. The minimum absolute atomic E-state index is 0.250. The van der Waals surface area contributed by atoms with Gasteiger partial charge in [-0.1, -0.05) is 6.92 Å². The van der Waals surface area contributed by atoms with Crippen LogP contribution in [0.2, 0.25) is 0 Å². The minimum atomic E-state index is -0.319. The molecule has 1 fully saturated rings. The van der Waals surface area contributed by atoms with E-state index in [0.29, 0.717) is 26.1 Å². The summed E-state index contributed by atoms with van der Waals surface area (Å²) in [5, 5.41) is 0. The molecule has 0 saturated carbocycles. The quantitative estimate of drug-likeness (QED) is 0.465. The summed E-state index contributed by atoms with van der Waals surface area (Å²) < 4.78 is 5.28. The summed E-state index contributed by atoms with van der Waals surface area (Å²) in [6.45, 7) is 4.74. The lowest BCUT2D eigenvalue weighted by atomic mass is 10.3. The number of nitrogens with zero attached hydrogens (tertiary/aromatic N) is 1. The van der Waals surface area contributed by atoms with Crippen molar-refractivity contribution in [3.8, 4) is 0 Å². The molecule has 0 spiro atoms. The first kappa shape index (κ1) is 11.2. The van der Waals surface area contributed by atoms with Crippen LogP contribution >= 0.6 is 0 Å². The van der Waals surface area contributed by atoms with Gasteiger partial charge in [-0.3, -0.25) is 9.59 Å². The second kappa shape index (κ2) is 5.75. The fourth-order valence-electron chi connectivity index (χ4n) is 1.44. The zero-order chi connectivity index (χ0) is 10.4. The molecule has 4 nitrogen and oxygen atoms in total. The Bertz CT molecular complexity index is 215. The van der Waals surface area contributed by atoms with E-state index in [2.05, 4.69) is 6.92 Å². The Labute approximate surface area is 84.2 Å². The number of carbonyl (C=O) groups is 2.